The van der Waals surface area contributed by atoms with E-state index in [1.54, 1.807) is 0 Å². The van der Waals surface area contributed by atoms with E-state index >= 15 is 0 Å². The molecule has 7 aromatic carbocycles. The highest BCUT2D eigenvalue weighted by Gasteiger charge is 2.43. The van der Waals surface area contributed by atoms with Crippen molar-refractivity contribution in [2.24, 2.45) is 0 Å². The zero-order valence-corrected chi connectivity index (χ0v) is 28.8. The Labute approximate surface area is 303 Å². The summed E-state index contributed by atoms with van der Waals surface area (Å²) in [5, 5.41) is 6.03. The van der Waals surface area contributed by atoms with Crippen LogP contribution in [0.25, 0.3) is 76.7 Å². The molecule has 1 aliphatic heterocycles. The standard InChI is InChI=1S/C48H30N2OS/c1-3-11-31(12-4-1)49-41-24-20-29(25-38(41)39-28-45-40(27-43(39)49)34-15-7-9-17-44(34)51-45)30-19-21-33-36-22-23-37-35-16-8-10-18-46(35)52-48(37)47(36)50(42(33)26-30)32-13-5-2-6-14-32/h1-28,36,47H. The number of benzene rings is 7. The van der Waals surface area contributed by atoms with Gasteiger partial charge in [-0.15, -0.1) is 11.3 Å². The number of hydrogen-bond acceptors (Lipinski definition) is 3. The Bertz CT molecular complexity index is 3090. The van der Waals surface area contributed by atoms with Crippen LogP contribution in [0.5, 0.6) is 0 Å². The van der Waals surface area contributed by atoms with E-state index in [0.29, 0.717) is 0 Å². The summed E-state index contributed by atoms with van der Waals surface area (Å²) in [6.07, 6.45) is 4.81. The molecule has 0 radical (unpaired) electrons. The van der Waals surface area contributed by atoms with Gasteiger partial charge in [0.2, 0.25) is 0 Å². The lowest BCUT2D eigenvalue weighted by molar-refractivity contribution is 0.669. The Morgan fingerprint density at radius 3 is 2.10 bits per heavy atom. The van der Waals surface area contributed by atoms with Gasteiger partial charge in [-0.3, -0.25) is 0 Å². The maximum Gasteiger partial charge on any atom is 0.136 e. The second kappa shape index (κ2) is 10.6. The number of thiophene rings is 1. The number of hydrogen-bond donors (Lipinski definition) is 0. The minimum Gasteiger partial charge on any atom is -0.456 e. The molecule has 0 amide bonds. The lowest BCUT2D eigenvalue weighted by Crippen LogP contribution is -2.22. The number of furan rings is 1. The summed E-state index contributed by atoms with van der Waals surface area (Å²) in [4.78, 5) is 4.04. The smallest absolute Gasteiger partial charge is 0.136 e. The first kappa shape index (κ1) is 28.3. The van der Waals surface area contributed by atoms with Gasteiger partial charge in [-0.1, -0.05) is 103 Å². The fraction of sp³-hybridized carbons (Fsp3) is 0.0417. The summed E-state index contributed by atoms with van der Waals surface area (Å²) in [5.74, 6) is 0.280. The largest absolute Gasteiger partial charge is 0.456 e. The van der Waals surface area contributed by atoms with Crippen LogP contribution in [0, 0.1) is 0 Å². The van der Waals surface area contributed by atoms with E-state index in [2.05, 4.69) is 173 Å². The molecule has 2 aliphatic rings. The van der Waals surface area contributed by atoms with Gasteiger partial charge in [-0.2, -0.15) is 0 Å². The van der Waals surface area contributed by atoms with Crippen LogP contribution in [0.15, 0.2) is 168 Å². The van der Waals surface area contributed by atoms with Crippen molar-refractivity contribution < 1.29 is 4.42 Å². The Morgan fingerprint density at radius 2 is 1.23 bits per heavy atom. The second-order valence-corrected chi connectivity index (χ2v) is 15.1. The predicted octanol–water partition coefficient (Wildman–Crippen LogP) is 13.6. The van der Waals surface area contributed by atoms with Crippen LogP contribution in [0.4, 0.5) is 11.4 Å². The van der Waals surface area contributed by atoms with Crippen LogP contribution in [0.3, 0.4) is 0 Å². The van der Waals surface area contributed by atoms with E-state index in [9.17, 15) is 0 Å². The van der Waals surface area contributed by atoms with E-state index in [1.165, 1.54) is 70.4 Å². The number of fused-ring (bicyclic) bond motifs is 13. The van der Waals surface area contributed by atoms with E-state index in [4.69, 9.17) is 4.42 Å². The first-order chi connectivity index (χ1) is 25.8. The molecule has 12 rings (SSSR count). The van der Waals surface area contributed by atoms with Gasteiger partial charge in [0.1, 0.15) is 11.2 Å². The molecular weight excluding hydrogens is 653 g/mol. The average molecular weight is 683 g/mol. The third kappa shape index (κ3) is 3.90. The normalized spacial score (nSPS) is 16.3. The Hall–Kier alpha value is -6.36. The van der Waals surface area contributed by atoms with E-state index in [-0.39, 0.29) is 12.0 Å². The third-order valence-corrected chi connectivity index (χ3v) is 12.6. The molecule has 0 N–H and O–H groups in total. The number of aromatic nitrogens is 1. The summed E-state index contributed by atoms with van der Waals surface area (Å²) < 4.78 is 10.2. The fourth-order valence-electron chi connectivity index (χ4n) is 9.02. The van der Waals surface area contributed by atoms with E-state index < -0.39 is 0 Å². The Kier molecular flexibility index (Phi) is 5.77. The third-order valence-electron chi connectivity index (χ3n) is 11.3. The zero-order valence-electron chi connectivity index (χ0n) is 28.0. The monoisotopic (exact) mass is 682 g/mol. The Morgan fingerprint density at radius 1 is 0.519 bits per heavy atom. The van der Waals surface area contributed by atoms with Crippen LogP contribution in [-0.4, -0.2) is 4.57 Å². The van der Waals surface area contributed by atoms with Crippen molar-refractivity contribution in [3.63, 3.8) is 0 Å². The number of para-hydroxylation sites is 3. The summed E-state index contributed by atoms with van der Waals surface area (Å²) in [7, 11) is 0. The summed E-state index contributed by atoms with van der Waals surface area (Å²) >= 11 is 1.95. The molecule has 3 aromatic heterocycles. The van der Waals surface area contributed by atoms with Gasteiger partial charge in [0, 0.05) is 59.5 Å². The first-order valence-corrected chi connectivity index (χ1v) is 18.7. The van der Waals surface area contributed by atoms with Gasteiger partial charge >= 0.3 is 0 Å². The molecular formula is C48H30N2OS. The zero-order chi connectivity index (χ0) is 33.9. The minimum absolute atomic E-state index is 0.211. The molecule has 10 aromatic rings. The molecule has 0 bridgehead atoms. The second-order valence-electron chi connectivity index (χ2n) is 14.1. The van der Waals surface area contributed by atoms with Gasteiger partial charge in [-0.05, 0) is 89.0 Å². The maximum atomic E-state index is 6.41. The highest BCUT2D eigenvalue weighted by Crippen LogP contribution is 2.58. The summed E-state index contributed by atoms with van der Waals surface area (Å²) in [6.45, 7) is 0. The summed E-state index contributed by atoms with van der Waals surface area (Å²) in [6, 6.07) is 57.7. The van der Waals surface area contributed by atoms with Gasteiger partial charge in [0.05, 0.1) is 17.1 Å². The van der Waals surface area contributed by atoms with E-state index in [1.807, 2.05) is 17.4 Å². The SMILES string of the molecule is C1=CC2c3ccc(-c4ccc5c(c4)c4cc6oc7ccccc7c6cc4n5-c4ccccc4)cc3N(c3ccccc3)C2c2sc3ccccc3c21. The molecule has 4 heterocycles. The maximum absolute atomic E-state index is 6.41. The van der Waals surface area contributed by atoms with Crippen molar-refractivity contribution in [2.75, 3.05) is 4.90 Å². The van der Waals surface area contributed by atoms with Crippen LogP contribution >= 0.6 is 11.3 Å². The molecule has 0 spiro atoms. The number of rotatable bonds is 3. The molecule has 3 nitrogen and oxygen atoms in total. The molecule has 0 saturated heterocycles. The molecule has 52 heavy (non-hydrogen) atoms. The van der Waals surface area contributed by atoms with Crippen LogP contribution < -0.4 is 4.90 Å². The molecule has 0 saturated carbocycles. The number of nitrogens with zero attached hydrogens (tertiary/aromatic N) is 2. The van der Waals surface area contributed by atoms with Crippen molar-refractivity contribution in [1.29, 1.82) is 0 Å². The highest BCUT2D eigenvalue weighted by molar-refractivity contribution is 7.19. The average Bonchev–Trinajstić information content (AvgIpc) is 3.94. The fourth-order valence-corrected chi connectivity index (χ4v) is 10.4. The molecule has 0 fully saturated rings. The van der Waals surface area contributed by atoms with Gasteiger partial charge < -0.3 is 13.9 Å². The van der Waals surface area contributed by atoms with Crippen molar-refractivity contribution >= 4 is 82.6 Å². The topological polar surface area (TPSA) is 21.3 Å². The number of anilines is 2. The van der Waals surface area contributed by atoms with Crippen molar-refractivity contribution in [2.45, 2.75) is 12.0 Å². The molecule has 1 aliphatic carbocycles. The minimum atomic E-state index is 0.211. The van der Waals surface area contributed by atoms with Crippen LogP contribution in [0.1, 0.15) is 28.0 Å². The predicted molar refractivity (Wildman–Crippen MR) is 218 cm³/mol. The quantitative estimate of drug-likeness (QED) is 0.185. The Balaban J connectivity index is 1.06. The molecule has 2 unspecified atom stereocenters. The van der Waals surface area contributed by atoms with Crippen molar-refractivity contribution in [3.05, 3.63) is 180 Å². The van der Waals surface area contributed by atoms with Crippen LogP contribution in [-0.2, 0) is 0 Å². The summed E-state index contributed by atoms with van der Waals surface area (Å²) in [5.41, 5.74) is 13.0. The van der Waals surface area contributed by atoms with Crippen molar-refractivity contribution in [3.8, 4) is 16.8 Å². The van der Waals surface area contributed by atoms with Gasteiger partial charge in [0.25, 0.3) is 0 Å². The van der Waals surface area contributed by atoms with E-state index in [0.717, 1.165) is 27.6 Å². The lowest BCUT2D eigenvalue weighted by Gasteiger charge is -2.31. The lowest BCUT2D eigenvalue weighted by atomic mass is 9.86. The van der Waals surface area contributed by atoms with Crippen molar-refractivity contribution in [1.82, 2.24) is 4.57 Å². The van der Waals surface area contributed by atoms with Crippen LogP contribution in [0.2, 0.25) is 0 Å². The molecule has 244 valence electrons. The van der Waals surface area contributed by atoms with Gasteiger partial charge in [-0.25, -0.2) is 0 Å². The highest BCUT2D eigenvalue weighted by atomic mass is 32.1. The first-order valence-electron chi connectivity index (χ1n) is 17.9. The van der Waals surface area contributed by atoms with Gasteiger partial charge in [0.15, 0.2) is 0 Å². The molecule has 2 atom stereocenters. The molecule has 4 heteroatoms.